The second kappa shape index (κ2) is 8.65. The summed E-state index contributed by atoms with van der Waals surface area (Å²) in [5.41, 5.74) is 0.328. The molecule has 0 unspecified atom stereocenters. The molecule has 1 heterocycles. The van der Waals surface area contributed by atoms with Crippen LogP contribution in [0.25, 0.3) is 6.08 Å². The minimum Gasteiger partial charge on any atom is -0.444 e. The first-order chi connectivity index (χ1) is 11.8. The van der Waals surface area contributed by atoms with Gasteiger partial charge in [0.15, 0.2) is 0 Å². The van der Waals surface area contributed by atoms with E-state index in [-0.39, 0.29) is 18.0 Å². The van der Waals surface area contributed by atoms with Crippen molar-refractivity contribution in [2.45, 2.75) is 64.1 Å². The van der Waals surface area contributed by atoms with Crippen LogP contribution in [0, 0.1) is 0 Å². The van der Waals surface area contributed by atoms with E-state index in [9.17, 15) is 9.59 Å². The summed E-state index contributed by atoms with van der Waals surface area (Å²) in [7, 11) is 0. The summed E-state index contributed by atoms with van der Waals surface area (Å²) in [5.74, 6) is -0.174. The number of nitrogens with zero attached hydrogens (tertiary/aromatic N) is 1. The third kappa shape index (κ3) is 6.95. The van der Waals surface area contributed by atoms with E-state index in [0.29, 0.717) is 0 Å². The smallest absolute Gasteiger partial charge is 0.407 e. The van der Waals surface area contributed by atoms with Crippen LogP contribution in [0.2, 0.25) is 0 Å². The van der Waals surface area contributed by atoms with Crippen LogP contribution in [-0.2, 0) is 9.53 Å². The molecule has 1 aliphatic carbocycles. The van der Waals surface area contributed by atoms with Gasteiger partial charge in [-0.3, -0.25) is 9.78 Å². The molecule has 136 valence electrons. The average Bonchev–Trinajstić information content (AvgIpc) is 2.54. The van der Waals surface area contributed by atoms with Gasteiger partial charge in [-0.1, -0.05) is 18.9 Å². The fraction of sp³-hybridized carbons (Fsp3) is 0.526. The molecule has 1 aromatic rings. The van der Waals surface area contributed by atoms with Crippen molar-refractivity contribution in [2.75, 3.05) is 0 Å². The fourth-order valence-electron chi connectivity index (χ4n) is 2.81. The Bertz CT molecular complexity index is 608. The Morgan fingerprint density at radius 2 is 1.88 bits per heavy atom. The molecule has 1 aromatic heterocycles. The lowest BCUT2D eigenvalue weighted by molar-refractivity contribution is -0.117. The lowest BCUT2D eigenvalue weighted by atomic mass is 9.90. The summed E-state index contributed by atoms with van der Waals surface area (Å²) in [6.07, 6.45) is 9.89. The Kier molecular flexibility index (Phi) is 6.56. The number of aromatic nitrogens is 1. The molecule has 6 heteroatoms. The van der Waals surface area contributed by atoms with Crippen LogP contribution < -0.4 is 10.6 Å². The van der Waals surface area contributed by atoms with E-state index >= 15 is 0 Å². The maximum absolute atomic E-state index is 12.2. The number of amides is 2. The second-order valence-corrected chi connectivity index (χ2v) is 7.27. The Balaban J connectivity index is 1.90. The number of carbonyl (C=O) groups excluding carboxylic acids is 2. The van der Waals surface area contributed by atoms with E-state index in [4.69, 9.17) is 4.74 Å². The van der Waals surface area contributed by atoms with Crippen molar-refractivity contribution in [1.82, 2.24) is 15.6 Å². The first-order valence-electron chi connectivity index (χ1n) is 8.71. The number of alkyl carbamates (subject to hydrolysis) is 1. The topological polar surface area (TPSA) is 80.3 Å². The highest BCUT2D eigenvalue weighted by Gasteiger charge is 2.29. The van der Waals surface area contributed by atoms with Crippen LogP contribution in [0.15, 0.2) is 30.6 Å². The molecule has 2 amide bonds. The van der Waals surface area contributed by atoms with Crippen LogP contribution in [0.3, 0.4) is 0 Å². The molecule has 6 nitrogen and oxygen atoms in total. The lowest BCUT2D eigenvalue weighted by Gasteiger charge is -2.33. The monoisotopic (exact) mass is 345 g/mol. The SMILES string of the molecule is CC(C)(C)OC(=O)N[C@@H]1CCCC[C@H]1NC(=O)/C=C\c1cccnc1. The van der Waals surface area contributed by atoms with E-state index < -0.39 is 11.7 Å². The van der Waals surface area contributed by atoms with Gasteiger partial charge in [-0.2, -0.15) is 0 Å². The first kappa shape index (κ1) is 19.0. The van der Waals surface area contributed by atoms with Crippen molar-refractivity contribution < 1.29 is 14.3 Å². The van der Waals surface area contributed by atoms with Crippen molar-refractivity contribution in [1.29, 1.82) is 0 Å². The van der Waals surface area contributed by atoms with E-state index in [1.807, 2.05) is 32.9 Å². The molecule has 2 atom stereocenters. The van der Waals surface area contributed by atoms with E-state index in [1.54, 1.807) is 18.5 Å². The largest absolute Gasteiger partial charge is 0.444 e. The van der Waals surface area contributed by atoms with E-state index in [0.717, 1.165) is 31.2 Å². The van der Waals surface area contributed by atoms with Crippen LogP contribution >= 0.6 is 0 Å². The van der Waals surface area contributed by atoms with Gasteiger partial charge in [0.25, 0.3) is 0 Å². The number of rotatable bonds is 4. The van der Waals surface area contributed by atoms with Crippen molar-refractivity contribution in [3.05, 3.63) is 36.2 Å². The van der Waals surface area contributed by atoms with Crippen LogP contribution in [0.4, 0.5) is 4.79 Å². The van der Waals surface area contributed by atoms with Gasteiger partial charge in [-0.05, 0) is 51.3 Å². The molecule has 25 heavy (non-hydrogen) atoms. The number of ether oxygens (including phenoxy) is 1. The summed E-state index contributed by atoms with van der Waals surface area (Å²) in [6.45, 7) is 5.49. The normalized spacial score (nSPS) is 20.9. The summed E-state index contributed by atoms with van der Waals surface area (Å²) in [6, 6.07) is 3.50. The van der Waals surface area contributed by atoms with E-state index in [1.165, 1.54) is 6.08 Å². The third-order valence-corrected chi connectivity index (χ3v) is 3.91. The molecule has 1 aliphatic rings. The molecule has 0 aromatic carbocycles. The molecular formula is C19H27N3O3. The Labute approximate surface area is 149 Å². The van der Waals surface area contributed by atoms with Crippen molar-refractivity contribution >= 4 is 18.1 Å². The first-order valence-corrected chi connectivity index (χ1v) is 8.71. The molecule has 0 bridgehead atoms. The molecule has 2 N–H and O–H groups in total. The van der Waals surface area contributed by atoms with Crippen LogP contribution in [0.5, 0.6) is 0 Å². The molecule has 2 rings (SSSR count). The third-order valence-electron chi connectivity index (χ3n) is 3.91. The summed E-state index contributed by atoms with van der Waals surface area (Å²) >= 11 is 0. The maximum Gasteiger partial charge on any atom is 0.407 e. The van der Waals surface area contributed by atoms with Gasteiger partial charge in [-0.25, -0.2) is 4.79 Å². The van der Waals surface area contributed by atoms with Crippen LogP contribution in [-0.4, -0.2) is 34.7 Å². The van der Waals surface area contributed by atoms with Crippen molar-refractivity contribution in [2.24, 2.45) is 0 Å². The number of hydrogen-bond donors (Lipinski definition) is 2. The molecule has 1 saturated carbocycles. The highest BCUT2D eigenvalue weighted by atomic mass is 16.6. The van der Waals surface area contributed by atoms with Crippen molar-refractivity contribution in [3.8, 4) is 0 Å². The predicted molar refractivity (Wildman–Crippen MR) is 96.8 cm³/mol. The van der Waals surface area contributed by atoms with Gasteiger partial charge in [0.05, 0.1) is 6.04 Å². The minimum atomic E-state index is -0.538. The lowest BCUT2D eigenvalue weighted by Crippen LogP contribution is -2.53. The van der Waals surface area contributed by atoms with Gasteiger partial charge in [0.2, 0.25) is 5.91 Å². The number of carbonyl (C=O) groups is 2. The molecule has 0 saturated heterocycles. The summed E-state index contributed by atoms with van der Waals surface area (Å²) < 4.78 is 5.32. The highest BCUT2D eigenvalue weighted by Crippen LogP contribution is 2.19. The number of hydrogen-bond acceptors (Lipinski definition) is 4. The average molecular weight is 345 g/mol. The zero-order chi connectivity index (χ0) is 18.3. The molecule has 0 radical (unpaired) electrons. The van der Waals surface area contributed by atoms with Gasteiger partial charge < -0.3 is 15.4 Å². The van der Waals surface area contributed by atoms with E-state index in [2.05, 4.69) is 15.6 Å². The fourth-order valence-corrected chi connectivity index (χ4v) is 2.81. The predicted octanol–water partition coefficient (Wildman–Crippen LogP) is 3.05. The maximum atomic E-state index is 12.2. The Hall–Kier alpha value is -2.37. The van der Waals surface area contributed by atoms with Gasteiger partial charge >= 0.3 is 6.09 Å². The highest BCUT2D eigenvalue weighted by molar-refractivity contribution is 5.91. The second-order valence-electron chi connectivity index (χ2n) is 7.27. The van der Waals surface area contributed by atoms with Crippen molar-refractivity contribution in [3.63, 3.8) is 0 Å². The molecular weight excluding hydrogens is 318 g/mol. The zero-order valence-electron chi connectivity index (χ0n) is 15.1. The van der Waals surface area contributed by atoms with Gasteiger partial charge in [-0.15, -0.1) is 0 Å². The molecule has 0 spiro atoms. The van der Waals surface area contributed by atoms with Crippen LogP contribution in [0.1, 0.15) is 52.0 Å². The quantitative estimate of drug-likeness (QED) is 0.822. The van der Waals surface area contributed by atoms with Gasteiger partial charge in [0, 0.05) is 24.5 Å². The summed E-state index contributed by atoms with van der Waals surface area (Å²) in [5, 5.41) is 5.89. The standard InChI is InChI=1S/C19H27N3O3/c1-19(2,3)25-18(24)22-16-9-5-4-8-15(16)21-17(23)11-10-14-7-6-12-20-13-14/h6-7,10-13,15-16H,4-5,8-9H2,1-3H3,(H,21,23)(H,22,24)/b11-10-/t15-,16-/m1/s1. The molecule has 1 fully saturated rings. The minimum absolute atomic E-state index is 0.0904. The summed E-state index contributed by atoms with van der Waals surface area (Å²) in [4.78, 5) is 28.2. The molecule has 0 aliphatic heterocycles. The number of nitrogens with one attached hydrogen (secondary N) is 2. The Morgan fingerprint density at radius 3 is 2.48 bits per heavy atom. The van der Waals surface area contributed by atoms with Gasteiger partial charge in [0.1, 0.15) is 5.60 Å². The zero-order valence-corrected chi connectivity index (χ0v) is 15.1. The Morgan fingerprint density at radius 1 is 1.20 bits per heavy atom. The number of pyridine rings is 1.